The molecule has 0 saturated heterocycles. The number of hydrogen-bond acceptors (Lipinski definition) is 10. The Morgan fingerprint density at radius 1 is 0.639 bits per heavy atom. The van der Waals surface area contributed by atoms with E-state index in [9.17, 15) is 0 Å². The third kappa shape index (κ3) is 5.80. The van der Waals surface area contributed by atoms with Gasteiger partial charge in [-0.1, -0.05) is 27.7 Å². The van der Waals surface area contributed by atoms with E-state index in [-0.39, 0.29) is 12.1 Å². The fourth-order valence-corrected chi connectivity index (χ4v) is 5.93. The monoisotopic (exact) mass is 530 g/mol. The molecule has 0 amide bonds. The van der Waals surface area contributed by atoms with Crippen molar-refractivity contribution in [3.63, 3.8) is 0 Å². The lowest BCUT2D eigenvalue weighted by molar-refractivity contribution is 0.454. The van der Waals surface area contributed by atoms with E-state index >= 15 is 0 Å². The minimum atomic E-state index is 0.127. The molecule has 0 spiro atoms. The van der Waals surface area contributed by atoms with Crippen LogP contribution in [0.1, 0.15) is 67.5 Å². The maximum atomic E-state index is 4.67. The number of nitrogens with zero attached hydrogens (tertiary/aromatic N) is 12. The van der Waals surface area contributed by atoms with Crippen molar-refractivity contribution >= 4 is 21.6 Å². The van der Waals surface area contributed by atoms with Crippen LogP contribution in [0.3, 0.4) is 0 Å². The molecule has 36 heavy (non-hydrogen) atoms. The van der Waals surface area contributed by atoms with Crippen molar-refractivity contribution in [2.24, 2.45) is 11.8 Å². The Labute approximate surface area is 219 Å². The Bertz CT molecular complexity index is 1180. The fraction of sp³-hybridized carbons (Fsp3) is 0.636. The Balaban J connectivity index is 1.70. The predicted molar refractivity (Wildman–Crippen MR) is 140 cm³/mol. The van der Waals surface area contributed by atoms with E-state index in [0.717, 1.165) is 34.3 Å². The number of tetrazole rings is 2. The summed E-state index contributed by atoms with van der Waals surface area (Å²) >= 11 is 0. The third-order valence-corrected chi connectivity index (χ3v) is 7.58. The summed E-state index contributed by atoms with van der Waals surface area (Å²) in [5.74, 6) is 2.00. The van der Waals surface area contributed by atoms with Crippen LogP contribution in [0.15, 0.2) is 22.4 Å². The summed E-state index contributed by atoms with van der Waals surface area (Å²) in [6.07, 6.45) is 3.66. The summed E-state index contributed by atoms with van der Waals surface area (Å²) in [7, 11) is 3.22. The molecule has 12 nitrogen and oxygen atoms in total. The minimum absolute atomic E-state index is 0.127. The van der Waals surface area contributed by atoms with Crippen LogP contribution in [0.2, 0.25) is 0 Å². The van der Waals surface area contributed by atoms with Gasteiger partial charge in [0.1, 0.15) is 10.1 Å². The molecule has 14 heteroatoms. The molecule has 0 fully saturated rings. The molecule has 0 aliphatic rings. The van der Waals surface area contributed by atoms with Crippen LogP contribution in [0.25, 0.3) is 22.8 Å². The fourth-order valence-electron chi connectivity index (χ4n) is 3.37. The number of aromatic nitrogens is 12. The highest BCUT2D eigenvalue weighted by atomic mass is 33.1. The lowest BCUT2D eigenvalue weighted by atomic mass is 10.2. The SMILES string of the molecule is CC(C)Cn1ncc(-c2nnn(C(C)C)n2)c1SSc1c(-c2nnn(C(C)C)n2)cnn1CC(C)C. The van der Waals surface area contributed by atoms with Gasteiger partial charge in [-0.3, -0.25) is 9.36 Å². The van der Waals surface area contributed by atoms with Gasteiger partial charge in [-0.15, -0.1) is 20.4 Å². The Morgan fingerprint density at radius 2 is 1.03 bits per heavy atom. The molecule has 4 rings (SSSR count). The topological polar surface area (TPSA) is 123 Å². The Morgan fingerprint density at radius 3 is 1.33 bits per heavy atom. The van der Waals surface area contributed by atoms with Crippen LogP contribution < -0.4 is 0 Å². The zero-order valence-electron chi connectivity index (χ0n) is 22.1. The molecule has 0 aliphatic heterocycles. The largest absolute Gasteiger partial charge is 0.257 e. The second kappa shape index (κ2) is 11.1. The van der Waals surface area contributed by atoms with Gasteiger partial charge in [0.25, 0.3) is 0 Å². The van der Waals surface area contributed by atoms with E-state index in [0.29, 0.717) is 23.5 Å². The molecular formula is C22H34N12S2. The molecule has 4 aromatic heterocycles. The molecule has 0 aromatic carbocycles. The van der Waals surface area contributed by atoms with Crippen LogP contribution in [-0.2, 0) is 13.1 Å². The predicted octanol–water partition coefficient (Wildman–Crippen LogP) is 4.66. The zero-order valence-corrected chi connectivity index (χ0v) is 23.7. The van der Waals surface area contributed by atoms with Crippen molar-refractivity contribution in [2.45, 2.75) is 90.6 Å². The van der Waals surface area contributed by atoms with Gasteiger partial charge in [0, 0.05) is 13.1 Å². The molecular weight excluding hydrogens is 496 g/mol. The summed E-state index contributed by atoms with van der Waals surface area (Å²) in [4.78, 5) is 3.24. The van der Waals surface area contributed by atoms with Gasteiger partial charge in [0.05, 0.1) is 35.6 Å². The van der Waals surface area contributed by atoms with E-state index in [4.69, 9.17) is 0 Å². The van der Waals surface area contributed by atoms with Gasteiger partial charge in [-0.25, -0.2) is 0 Å². The quantitative estimate of drug-likeness (QED) is 0.253. The van der Waals surface area contributed by atoms with Crippen molar-refractivity contribution in [1.82, 2.24) is 60.0 Å². The smallest absolute Gasteiger partial charge is 0.209 e. The third-order valence-electron chi connectivity index (χ3n) is 5.12. The van der Waals surface area contributed by atoms with Crippen LogP contribution in [0, 0.1) is 11.8 Å². The molecule has 0 saturated carbocycles. The van der Waals surface area contributed by atoms with Crippen molar-refractivity contribution in [2.75, 3.05) is 0 Å². The standard InChI is InChI=1S/C22H34N12S2/c1-13(2)11-31-21(17(9-23-31)19-25-29-33(27-19)15(5)6)35-36-22-18(10-24-32(22)12-14(3)4)20-26-30-34(28-20)16(7)8/h9-10,13-16H,11-12H2,1-8H3. The van der Waals surface area contributed by atoms with E-state index < -0.39 is 0 Å². The highest BCUT2D eigenvalue weighted by molar-refractivity contribution is 8.76. The lowest BCUT2D eigenvalue weighted by Crippen LogP contribution is -2.08. The molecule has 0 unspecified atom stereocenters. The van der Waals surface area contributed by atoms with E-state index in [2.05, 4.69) is 68.7 Å². The minimum Gasteiger partial charge on any atom is -0.257 e. The highest BCUT2D eigenvalue weighted by Gasteiger charge is 2.23. The molecule has 4 heterocycles. The molecule has 0 bridgehead atoms. The van der Waals surface area contributed by atoms with Gasteiger partial charge < -0.3 is 0 Å². The van der Waals surface area contributed by atoms with E-state index in [1.54, 1.807) is 31.2 Å². The summed E-state index contributed by atoms with van der Waals surface area (Å²) in [6.45, 7) is 18.4. The normalized spacial score (nSPS) is 12.2. The first-order valence-electron chi connectivity index (χ1n) is 12.2. The zero-order chi connectivity index (χ0) is 26.0. The van der Waals surface area contributed by atoms with Crippen LogP contribution >= 0.6 is 21.6 Å². The summed E-state index contributed by atoms with van der Waals surface area (Å²) in [5, 5.41) is 37.5. The first-order valence-corrected chi connectivity index (χ1v) is 14.3. The van der Waals surface area contributed by atoms with Crippen molar-refractivity contribution in [3.05, 3.63) is 12.4 Å². The maximum absolute atomic E-state index is 4.67. The van der Waals surface area contributed by atoms with Crippen molar-refractivity contribution in [3.8, 4) is 22.8 Å². The average molecular weight is 531 g/mol. The van der Waals surface area contributed by atoms with E-state index in [1.165, 1.54) is 0 Å². The summed E-state index contributed by atoms with van der Waals surface area (Å²) < 4.78 is 4.04. The second-order valence-electron chi connectivity index (χ2n) is 10.1. The van der Waals surface area contributed by atoms with Gasteiger partial charge >= 0.3 is 0 Å². The van der Waals surface area contributed by atoms with Crippen LogP contribution in [0.5, 0.6) is 0 Å². The molecule has 0 aliphatic carbocycles. The number of hydrogen-bond donors (Lipinski definition) is 0. The second-order valence-corrected chi connectivity index (χ2v) is 12.2. The lowest BCUT2D eigenvalue weighted by Gasteiger charge is -2.12. The Hall–Kier alpha value is -2.74. The van der Waals surface area contributed by atoms with E-state index in [1.807, 2.05) is 49.5 Å². The highest BCUT2D eigenvalue weighted by Crippen LogP contribution is 2.44. The Kier molecular flexibility index (Phi) is 8.13. The molecule has 4 aromatic rings. The molecule has 0 N–H and O–H groups in total. The van der Waals surface area contributed by atoms with Gasteiger partial charge in [0.15, 0.2) is 0 Å². The van der Waals surface area contributed by atoms with Crippen LogP contribution in [-0.4, -0.2) is 60.0 Å². The maximum Gasteiger partial charge on any atom is 0.209 e. The van der Waals surface area contributed by atoms with Crippen molar-refractivity contribution < 1.29 is 0 Å². The summed E-state index contributed by atoms with van der Waals surface area (Å²) in [5.41, 5.74) is 1.72. The summed E-state index contributed by atoms with van der Waals surface area (Å²) in [6, 6.07) is 0.254. The molecule has 194 valence electrons. The molecule has 0 radical (unpaired) electrons. The first-order chi connectivity index (χ1) is 17.1. The van der Waals surface area contributed by atoms with Crippen LogP contribution in [0.4, 0.5) is 0 Å². The average Bonchev–Trinajstić information content (AvgIpc) is 3.58. The first kappa shape index (κ1) is 26.3. The molecule has 0 atom stereocenters. The van der Waals surface area contributed by atoms with Gasteiger partial charge in [-0.2, -0.15) is 19.8 Å². The van der Waals surface area contributed by atoms with Crippen molar-refractivity contribution in [1.29, 1.82) is 0 Å². The van der Waals surface area contributed by atoms with Gasteiger partial charge in [0.2, 0.25) is 11.6 Å². The van der Waals surface area contributed by atoms with Gasteiger partial charge in [-0.05, 0) is 71.5 Å². The number of rotatable bonds is 11.